The molecule has 0 radical (unpaired) electrons. The Kier molecular flexibility index (Phi) is 4.98. The molecule has 0 atom stereocenters. The molecule has 0 saturated carbocycles. The van der Waals surface area contributed by atoms with Gasteiger partial charge < -0.3 is 15.6 Å². The molecule has 0 unspecified atom stereocenters. The molecule has 0 fully saturated rings. The molecule has 5 heteroatoms. The van der Waals surface area contributed by atoms with Crippen LogP contribution in [0.2, 0.25) is 0 Å². The van der Waals surface area contributed by atoms with E-state index >= 15 is 0 Å². The number of thioether (sulfide) groups is 1. The standard InChI is InChI=1S/C11H15NO3S/c1-16-6-2-5-15-10-7-8(11(13)14)3-4-9(10)12/h3-4,7H,2,5-6,12H2,1H3,(H,13,14). The van der Waals surface area contributed by atoms with Crippen LogP contribution in [0.25, 0.3) is 0 Å². The van der Waals surface area contributed by atoms with Gasteiger partial charge in [-0.15, -0.1) is 0 Å². The highest BCUT2D eigenvalue weighted by Gasteiger charge is 2.07. The number of nitrogens with two attached hydrogens (primary N) is 1. The molecule has 88 valence electrons. The van der Waals surface area contributed by atoms with Crippen LogP contribution < -0.4 is 10.5 Å². The zero-order valence-corrected chi connectivity index (χ0v) is 9.92. The first kappa shape index (κ1) is 12.7. The van der Waals surface area contributed by atoms with Gasteiger partial charge in [-0.3, -0.25) is 0 Å². The number of carbonyl (C=O) groups is 1. The van der Waals surface area contributed by atoms with E-state index < -0.39 is 5.97 Å². The summed E-state index contributed by atoms with van der Waals surface area (Å²) in [5.74, 6) is 0.480. The Hall–Kier alpha value is -1.36. The van der Waals surface area contributed by atoms with Crippen molar-refractivity contribution in [3.8, 4) is 5.75 Å². The van der Waals surface area contributed by atoms with Crippen LogP contribution in [0.15, 0.2) is 18.2 Å². The van der Waals surface area contributed by atoms with Crippen LogP contribution in [0.4, 0.5) is 5.69 Å². The van der Waals surface area contributed by atoms with Crippen molar-refractivity contribution in [2.75, 3.05) is 24.3 Å². The molecule has 3 N–H and O–H groups in total. The van der Waals surface area contributed by atoms with Gasteiger partial charge in [0.1, 0.15) is 5.75 Å². The number of nitrogen functional groups attached to an aromatic ring is 1. The molecule has 0 aliphatic carbocycles. The minimum Gasteiger partial charge on any atom is -0.491 e. The number of anilines is 1. The van der Waals surface area contributed by atoms with E-state index in [9.17, 15) is 4.79 Å². The Balaban J connectivity index is 2.63. The van der Waals surface area contributed by atoms with Gasteiger partial charge in [0, 0.05) is 0 Å². The fraction of sp³-hybridized carbons (Fsp3) is 0.364. The van der Waals surface area contributed by atoms with Gasteiger partial charge in [-0.05, 0) is 36.6 Å². The topological polar surface area (TPSA) is 72.5 Å². The van der Waals surface area contributed by atoms with Crippen LogP contribution in [0.1, 0.15) is 16.8 Å². The largest absolute Gasteiger partial charge is 0.491 e. The zero-order chi connectivity index (χ0) is 12.0. The number of carboxylic acids is 1. The van der Waals surface area contributed by atoms with Gasteiger partial charge in [-0.25, -0.2) is 4.79 Å². The van der Waals surface area contributed by atoms with Crippen LogP contribution in [0.3, 0.4) is 0 Å². The lowest BCUT2D eigenvalue weighted by atomic mass is 10.2. The van der Waals surface area contributed by atoms with E-state index in [1.54, 1.807) is 17.8 Å². The summed E-state index contributed by atoms with van der Waals surface area (Å²) in [6.07, 6.45) is 2.94. The molecule has 4 nitrogen and oxygen atoms in total. The molecule has 0 saturated heterocycles. The van der Waals surface area contributed by atoms with E-state index in [0.717, 1.165) is 12.2 Å². The van der Waals surface area contributed by atoms with E-state index in [1.165, 1.54) is 12.1 Å². The van der Waals surface area contributed by atoms with E-state index in [0.29, 0.717) is 18.0 Å². The Labute approximate surface area is 98.8 Å². The quantitative estimate of drug-likeness (QED) is 0.589. The number of rotatable bonds is 6. The molecule has 0 aromatic heterocycles. The average molecular weight is 241 g/mol. The number of carboxylic acid groups (broad SMARTS) is 1. The Morgan fingerprint density at radius 2 is 2.31 bits per heavy atom. The van der Waals surface area contributed by atoms with E-state index in [-0.39, 0.29) is 5.56 Å². The zero-order valence-electron chi connectivity index (χ0n) is 9.10. The lowest BCUT2D eigenvalue weighted by Crippen LogP contribution is -2.04. The molecule has 16 heavy (non-hydrogen) atoms. The number of ether oxygens (including phenoxy) is 1. The van der Waals surface area contributed by atoms with Crippen molar-refractivity contribution < 1.29 is 14.6 Å². The molecular weight excluding hydrogens is 226 g/mol. The smallest absolute Gasteiger partial charge is 0.335 e. The monoisotopic (exact) mass is 241 g/mol. The number of hydrogen-bond donors (Lipinski definition) is 2. The fourth-order valence-corrected chi connectivity index (χ4v) is 1.58. The van der Waals surface area contributed by atoms with Gasteiger partial charge in [0.2, 0.25) is 0 Å². The molecule has 1 aromatic carbocycles. The number of hydrogen-bond acceptors (Lipinski definition) is 4. The second kappa shape index (κ2) is 6.27. The van der Waals surface area contributed by atoms with Crippen molar-refractivity contribution in [3.05, 3.63) is 23.8 Å². The Morgan fingerprint density at radius 3 is 2.94 bits per heavy atom. The van der Waals surface area contributed by atoms with E-state index in [2.05, 4.69) is 0 Å². The van der Waals surface area contributed by atoms with E-state index in [1.807, 2.05) is 6.26 Å². The number of benzene rings is 1. The summed E-state index contributed by atoms with van der Waals surface area (Å²) in [4.78, 5) is 10.7. The van der Waals surface area contributed by atoms with Gasteiger partial charge in [-0.1, -0.05) is 0 Å². The summed E-state index contributed by atoms with van der Waals surface area (Å²) in [7, 11) is 0. The summed E-state index contributed by atoms with van der Waals surface area (Å²) < 4.78 is 5.43. The third-order valence-corrected chi connectivity index (χ3v) is 2.71. The van der Waals surface area contributed by atoms with Crippen LogP contribution in [0.5, 0.6) is 5.75 Å². The molecule has 1 rings (SSSR count). The second-order valence-corrected chi connectivity index (χ2v) is 4.24. The molecule has 0 aliphatic heterocycles. The maximum atomic E-state index is 10.7. The van der Waals surface area contributed by atoms with Crippen LogP contribution in [-0.4, -0.2) is 29.7 Å². The second-order valence-electron chi connectivity index (χ2n) is 3.25. The minimum atomic E-state index is -0.978. The molecule has 0 heterocycles. The third-order valence-electron chi connectivity index (χ3n) is 2.01. The predicted octanol–water partition coefficient (Wildman–Crippen LogP) is 2.10. The molecule has 0 spiro atoms. The minimum absolute atomic E-state index is 0.189. The molecule has 0 aliphatic rings. The van der Waals surface area contributed by atoms with Gasteiger partial charge in [-0.2, -0.15) is 11.8 Å². The van der Waals surface area contributed by atoms with Crippen LogP contribution >= 0.6 is 11.8 Å². The highest BCUT2D eigenvalue weighted by molar-refractivity contribution is 7.98. The van der Waals surface area contributed by atoms with Crippen LogP contribution in [-0.2, 0) is 0 Å². The SMILES string of the molecule is CSCCCOc1cc(C(=O)O)ccc1N. The van der Waals surface area contributed by atoms with Crippen molar-refractivity contribution >= 4 is 23.4 Å². The lowest BCUT2D eigenvalue weighted by molar-refractivity contribution is 0.0696. The van der Waals surface area contributed by atoms with Gasteiger partial charge >= 0.3 is 5.97 Å². The first-order valence-corrected chi connectivity index (χ1v) is 6.29. The summed E-state index contributed by atoms with van der Waals surface area (Å²) in [5, 5.41) is 8.81. The normalized spacial score (nSPS) is 10.1. The Bertz CT molecular complexity index is 368. The summed E-state index contributed by atoms with van der Waals surface area (Å²) >= 11 is 1.74. The molecular formula is C11H15NO3S. The van der Waals surface area contributed by atoms with Gasteiger partial charge in [0.25, 0.3) is 0 Å². The van der Waals surface area contributed by atoms with Crippen molar-refractivity contribution in [2.45, 2.75) is 6.42 Å². The summed E-state index contributed by atoms with van der Waals surface area (Å²) in [5.41, 5.74) is 6.34. The maximum absolute atomic E-state index is 10.7. The maximum Gasteiger partial charge on any atom is 0.335 e. The van der Waals surface area contributed by atoms with E-state index in [4.69, 9.17) is 15.6 Å². The van der Waals surface area contributed by atoms with Crippen molar-refractivity contribution in [2.24, 2.45) is 0 Å². The van der Waals surface area contributed by atoms with Crippen molar-refractivity contribution in [3.63, 3.8) is 0 Å². The average Bonchev–Trinajstić information content (AvgIpc) is 2.26. The third kappa shape index (κ3) is 3.66. The predicted molar refractivity (Wildman–Crippen MR) is 66.3 cm³/mol. The van der Waals surface area contributed by atoms with Gasteiger partial charge in [0.15, 0.2) is 0 Å². The summed E-state index contributed by atoms with van der Waals surface area (Å²) in [6.45, 7) is 0.550. The fourth-order valence-electron chi connectivity index (χ4n) is 1.18. The van der Waals surface area contributed by atoms with Crippen molar-refractivity contribution in [1.29, 1.82) is 0 Å². The van der Waals surface area contributed by atoms with Crippen LogP contribution in [0, 0.1) is 0 Å². The number of aromatic carboxylic acids is 1. The molecule has 0 bridgehead atoms. The first-order chi connectivity index (χ1) is 7.65. The first-order valence-electron chi connectivity index (χ1n) is 4.89. The molecule has 1 aromatic rings. The van der Waals surface area contributed by atoms with Gasteiger partial charge in [0.05, 0.1) is 17.9 Å². The summed E-state index contributed by atoms with van der Waals surface area (Å²) in [6, 6.07) is 4.47. The highest BCUT2D eigenvalue weighted by Crippen LogP contribution is 2.23. The molecule has 0 amide bonds. The Morgan fingerprint density at radius 1 is 1.56 bits per heavy atom. The van der Waals surface area contributed by atoms with Crippen molar-refractivity contribution in [1.82, 2.24) is 0 Å². The lowest BCUT2D eigenvalue weighted by Gasteiger charge is -2.09. The highest BCUT2D eigenvalue weighted by atomic mass is 32.2.